The molecule has 0 aromatic rings. The maximum atomic E-state index is 11.1. The summed E-state index contributed by atoms with van der Waals surface area (Å²) in [7, 11) is 0. The normalized spacial score (nSPS) is 16.0. The molecule has 0 saturated carbocycles. The number of unbranched alkanes of at least 4 members (excludes halogenated alkanes) is 5. The Morgan fingerprint density at radius 3 is 2.00 bits per heavy atom. The van der Waals surface area contributed by atoms with E-state index in [0.717, 1.165) is 57.8 Å². The van der Waals surface area contributed by atoms with Gasteiger partial charge in [0, 0.05) is 0 Å². The van der Waals surface area contributed by atoms with Gasteiger partial charge in [0.2, 0.25) is 0 Å². The quantitative estimate of drug-likeness (QED) is 0.369. The van der Waals surface area contributed by atoms with E-state index in [0.29, 0.717) is 0 Å². The van der Waals surface area contributed by atoms with Crippen molar-refractivity contribution in [2.24, 2.45) is 5.18 Å². The zero-order valence-corrected chi connectivity index (χ0v) is 13.2. The molecule has 2 atom stereocenters. The third-order valence-electron chi connectivity index (χ3n) is 4.01. The molecule has 114 valence electrons. The summed E-state index contributed by atoms with van der Waals surface area (Å²) in [5.41, 5.74) is -0.860. The second kappa shape index (κ2) is 11.4. The van der Waals surface area contributed by atoms with E-state index in [4.69, 9.17) is 0 Å². The molecule has 0 saturated heterocycles. The highest BCUT2D eigenvalue weighted by Gasteiger charge is 2.36. The van der Waals surface area contributed by atoms with Crippen LogP contribution in [0.3, 0.4) is 0 Å². The van der Waals surface area contributed by atoms with Crippen LogP contribution in [0.15, 0.2) is 5.18 Å². The van der Waals surface area contributed by atoms with Gasteiger partial charge in [0.1, 0.15) is 6.04 Å². The number of rotatable bonds is 13. The van der Waals surface area contributed by atoms with Crippen molar-refractivity contribution in [3.63, 3.8) is 0 Å². The summed E-state index contributed by atoms with van der Waals surface area (Å²) in [5, 5.41) is 14.1. The van der Waals surface area contributed by atoms with Crippen LogP contribution in [-0.2, 0) is 0 Å². The average Bonchev–Trinajstić information content (AvgIpc) is 2.42. The number of aliphatic hydroxyl groups is 1. The molecule has 0 aromatic carbocycles. The SMILES string of the molecule is CCCCCCC(O)(CCCC)C(CCCC)N=O. The lowest BCUT2D eigenvalue weighted by molar-refractivity contribution is -0.00901. The van der Waals surface area contributed by atoms with Crippen LogP contribution in [0, 0.1) is 4.91 Å². The standard InChI is InChI=1S/C16H33NO2/c1-4-7-10-11-14-16(18,13-9-6-3)15(17-19)12-8-5-2/h15,18H,4-14H2,1-3H3. The number of hydrogen-bond donors (Lipinski definition) is 1. The van der Waals surface area contributed by atoms with E-state index >= 15 is 0 Å². The van der Waals surface area contributed by atoms with Crippen molar-refractivity contribution in [2.45, 2.75) is 103 Å². The van der Waals surface area contributed by atoms with Crippen molar-refractivity contribution >= 4 is 0 Å². The zero-order valence-electron chi connectivity index (χ0n) is 13.2. The molecular weight excluding hydrogens is 238 g/mol. The van der Waals surface area contributed by atoms with Gasteiger partial charge in [-0.15, -0.1) is 0 Å². The molecule has 0 spiro atoms. The Bertz CT molecular complexity index is 221. The number of nitrogens with zero attached hydrogens (tertiary/aromatic N) is 1. The zero-order chi connectivity index (χ0) is 14.6. The maximum absolute atomic E-state index is 11.1. The molecule has 19 heavy (non-hydrogen) atoms. The Morgan fingerprint density at radius 2 is 1.47 bits per heavy atom. The van der Waals surface area contributed by atoms with Crippen molar-refractivity contribution in [1.82, 2.24) is 0 Å². The molecule has 0 radical (unpaired) electrons. The van der Waals surface area contributed by atoms with Crippen molar-refractivity contribution in [3.05, 3.63) is 4.91 Å². The van der Waals surface area contributed by atoms with E-state index in [9.17, 15) is 10.0 Å². The number of nitroso groups, excluding NO2 is 1. The van der Waals surface area contributed by atoms with Crippen LogP contribution in [0.1, 0.15) is 91.4 Å². The molecule has 0 bridgehead atoms. The molecule has 0 aliphatic heterocycles. The molecule has 2 unspecified atom stereocenters. The van der Waals surface area contributed by atoms with Gasteiger partial charge in [-0.05, 0) is 19.3 Å². The van der Waals surface area contributed by atoms with Gasteiger partial charge in [-0.1, -0.05) is 77.3 Å². The summed E-state index contributed by atoms with van der Waals surface area (Å²) in [6.45, 7) is 6.40. The van der Waals surface area contributed by atoms with Crippen LogP contribution in [0.2, 0.25) is 0 Å². The summed E-state index contributed by atoms with van der Waals surface area (Å²) in [6, 6.07) is -0.416. The molecule has 0 aromatic heterocycles. The number of hydrogen-bond acceptors (Lipinski definition) is 3. The Hall–Kier alpha value is -0.440. The smallest absolute Gasteiger partial charge is 0.120 e. The van der Waals surface area contributed by atoms with Gasteiger partial charge in [0.05, 0.1) is 5.60 Å². The maximum Gasteiger partial charge on any atom is 0.120 e. The van der Waals surface area contributed by atoms with Gasteiger partial charge in [0.15, 0.2) is 0 Å². The summed E-state index contributed by atoms with van der Waals surface area (Å²) in [6.07, 6.45) is 10.8. The highest BCUT2D eigenvalue weighted by atomic mass is 16.3. The first-order valence-corrected chi connectivity index (χ1v) is 8.19. The van der Waals surface area contributed by atoms with Gasteiger partial charge >= 0.3 is 0 Å². The highest BCUT2D eigenvalue weighted by molar-refractivity contribution is 4.91. The van der Waals surface area contributed by atoms with Crippen molar-refractivity contribution in [1.29, 1.82) is 0 Å². The van der Waals surface area contributed by atoms with E-state index < -0.39 is 11.6 Å². The molecular formula is C16H33NO2. The molecule has 0 rings (SSSR count). The first-order chi connectivity index (χ1) is 9.14. The monoisotopic (exact) mass is 271 g/mol. The third kappa shape index (κ3) is 7.66. The summed E-state index contributed by atoms with van der Waals surface area (Å²) < 4.78 is 0. The molecule has 0 aliphatic carbocycles. The fraction of sp³-hybridized carbons (Fsp3) is 1.00. The van der Waals surface area contributed by atoms with Crippen molar-refractivity contribution in [2.75, 3.05) is 0 Å². The molecule has 0 aliphatic rings. The first kappa shape index (κ1) is 18.6. The van der Waals surface area contributed by atoms with E-state index in [-0.39, 0.29) is 0 Å². The van der Waals surface area contributed by atoms with Gasteiger partial charge in [-0.3, -0.25) is 0 Å². The van der Waals surface area contributed by atoms with Crippen LogP contribution in [0.5, 0.6) is 0 Å². The Morgan fingerprint density at radius 1 is 0.895 bits per heavy atom. The highest BCUT2D eigenvalue weighted by Crippen LogP contribution is 2.30. The molecule has 1 N–H and O–H groups in total. The van der Waals surface area contributed by atoms with E-state index in [1.165, 1.54) is 12.8 Å². The third-order valence-corrected chi connectivity index (χ3v) is 4.01. The Kier molecular flexibility index (Phi) is 11.1. The van der Waals surface area contributed by atoms with Crippen LogP contribution < -0.4 is 0 Å². The summed E-state index contributed by atoms with van der Waals surface area (Å²) in [5.74, 6) is 0. The lowest BCUT2D eigenvalue weighted by Crippen LogP contribution is -2.41. The Labute approximate surface area is 119 Å². The summed E-state index contributed by atoms with van der Waals surface area (Å²) >= 11 is 0. The second-order valence-electron chi connectivity index (χ2n) is 5.78. The molecule has 3 heteroatoms. The second-order valence-corrected chi connectivity index (χ2v) is 5.78. The minimum atomic E-state index is -0.860. The van der Waals surface area contributed by atoms with Crippen molar-refractivity contribution in [3.8, 4) is 0 Å². The molecule has 3 nitrogen and oxygen atoms in total. The van der Waals surface area contributed by atoms with Crippen LogP contribution >= 0.6 is 0 Å². The predicted octanol–water partition coefficient (Wildman–Crippen LogP) is 5.20. The minimum absolute atomic E-state index is 0.416. The summed E-state index contributed by atoms with van der Waals surface area (Å²) in [4.78, 5) is 11.1. The molecule has 0 heterocycles. The fourth-order valence-electron chi connectivity index (χ4n) is 2.62. The lowest BCUT2D eigenvalue weighted by Gasteiger charge is -2.32. The van der Waals surface area contributed by atoms with Gasteiger partial charge in [0.25, 0.3) is 0 Å². The van der Waals surface area contributed by atoms with Gasteiger partial charge in [-0.25, -0.2) is 0 Å². The predicted molar refractivity (Wildman–Crippen MR) is 82.3 cm³/mol. The van der Waals surface area contributed by atoms with Crippen LogP contribution in [-0.4, -0.2) is 16.7 Å². The van der Waals surface area contributed by atoms with Crippen LogP contribution in [0.4, 0.5) is 0 Å². The van der Waals surface area contributed by atoms with Crippen LogP contribution in [0.25, 0.3) is 0 Å². The van der Waals surface area contributed by atoms with Gasteiger partial charge in [-0.2, -0.15) is 4.91 Å². The lowest BCUT2D eigenvalue weighted by atomic mass is 9.82. The van der Waals surface area contributed by atoms with Gasteiger partial charge < -0.3 is 5.11 Å². The fourth-order valence-corrected chi connectivity index (χ4v) is 2.62. The van der Waals surface area contributed by atoms with E-state index in [1.54, 1.807) is 0 Å². The van der Waals surface area contributed by atoms with E-state index in [2.05, 4.69) is 25.9 Å². The minimum Gasteiger partial charge on any atom is -0.388 e. The average molecular weight is 271 g/mol. The largest absolute Gasteiger partial charge is 0.388 e. The van der Waals surface area contributed by atoms with E-state index in [1.807, 2.05) is 0 Å². The topological polar surface area (TPSA) is 49.7 Å². The first-order valence-electron chi connectivity index (χ1n) is 8.19. The molecule has 0 amide bonds. The molecule has 0 fully saturated rings. The Balaban J connectivity index is 4.47. The van der Waals surface area contributed by atoms with Crippen molar-refractivity contribution < 1.29 is 5.11 Å².